The maximum absolute atomic E-state index is 13.0. The number of rotatable bonds is 17. The molecule has 1 amide bonds. The molecule has 18 heteroatoms. The summed E-state index contributed by atoms with van der Waals surface area (Å²) in [5.74, 6) is -3.18. The van der Waals surface area contributed by atoms with Crippen LogP contribution in [0, 0.1) is 0 Å². The number of carbonyl (C=O) groups is 5. The number of benzene rings is 2. The summed E-state index contributed by atoms with van der Waals surface area (Å²) in [7, 11) is -4.27. The predicted octanol–water partition coefficient (Wildman–Crippen LogP) is 4.99. The van der Waals surface area contributed by atoms with Gasteiger partial charge in [-0.3, -0.25) is 14.5 Å². The number of carbonyl (C=O) groups excluding carboxylic acids is 5. The highest BCUT2D eigenvalue weighted by atomic mass is 35.5. The largest absolute Gasteiger partial charge is 0.467 e. The second kappa shape index (κ2) is 18.1. The molecule has 0 spiro atoms. The molecule has 0 saturated heterocycles. The Hall–Kier alpha value is -4.48. The zero-order valence-electron chi connectivity index (χ0n) is 28.1. The molecular formula is C33H37Cl2N3O12S. The molecule has 1 heterocycles. The van der Waals surface area contributed by atoms with Crippen molar-refractivity contribution in [2.45, 2.75) is 57.1 Å². The third-order valence-corrected chi connectivity index (χ3v) is 8.54. The second-order valence-corrected chi connectivity index (χ2v) is 14.2. The number of halogens is 2. The summed E-state index contributed by atoms with van der Waals surface area (Å²) in [5, 5.41) is 8.29. The molecule has 3 aromatic rings. The number of ketones is 2. The van der Waals surface area contributed by atoms with E-state index in [1.54, 1.807) is 51.1 Å². The van der Waals surface area contributed by atoms with E-state index >= 15 is 0 Å². The van der Waals surface area contributed by atoms with Gasteiger partial charge in [-0.25, -0.2) is 27.9 Å². The zero-order chi connectivity index (χ0) is 37.9. The fourth-order valence-corrected chi connectivity index (χ4v) is 5.90. The Labute approximate surface area is 304 Å². The van der Waals surface area contributed by atoms with Gasteiger partial charge in [0.25, 0.3) is 5.78 Å². The minimum Gasteiger partial charge on any atom is -0.467 e. The molecule has 1 aromatic heterocycles. The summed E-state index contributed by atoms with van der Waals surface area (Å²) in [6, 6.07) is 10.8. The van der Waals surface area contributed by atoms with Gasteiger partial charge in [0.05, 0.1) is 48.3 Å². The first-order valence-corrected chi connectivity index (χ1v) is 17.5. The lowest BCUT2D eigenvalue weighted by Crippen LogP contribution is -2.53. The van der Waals surface area contributed by atoms with Gasteiger partial charge in [-0.2, -0.15) is 0 Å². The maximum atomic E-state index is 13.0. The number of hydrogen-bond donors (Lipinski definition) is 2. The highest BCUT2D eigenvalue weighted by Crippen LogP contribution is 2.29. The highest BCUT2D eigenvalue weighted by molar-refractivity contribution is 7.89. The van der Waals surface area contributed by atoms with E-state index in [1.807, 2.05) is 0 Å². The lowest BCUT2D eigenvalue weighted by atomic mass is 9.98. The van der Waals surface area contributed by atoms with Crippen LogP contribution in [0.2, 0.25) is 10.0 Å². The van der Waals surface area contributed by atoms with Crippen LogP contribution in [0.3, 0.4) is 0 Å². The molecule has 1 unspecified atom stereocenters. The number of nitrogens with zero attached hydrogens (tertiary/aromatic N) is 1. The number of hydrogen-bond acceptors (Lipinski definition) is 13. The molecule has 15 nitrogen and oxygen atoms in total. The topological polar surface area (TPSA) is 211 Å². The Morgan fingerprint density at radius 2 is 1.71 bits per heavy atom. The van der Waals surface area contributed by atoms with Gasteiger partial charge >= 0.3 is 18.0 Å². The van der Waals surface area contributed by atoms with Crippen LogP contribution < -0.4 is 10.5 Å². The van der Waals surface area contributed by atoms with Gasteiger partial charge < -0.3 is 28.7 Å². The van der Waals surface area contributed by atoms with Gasteiger partial charge in [0.15, 0.2) is 5.78 Å². The molecule has 1 atom stereocenters. The number of Topliss-reactive ketones (excluding diaryl/α,β-unsaturated/α-hetero) is 2. The van der Waals surface area contributed by atoms with Crippen LogP contribution >= 0.6 is 23.2 Å². The van der Waals surface area contributed by atoms with Crippen LogP contribution in [0.1, 0.15) is 60.6 Å². The van der Waals surface area contributed by atoms with E-state index in [9.17, 15) is 32.4 Å². The molecule has 0 aliphatic carbocycles. The normalized spacial score (nSPS) is 12.1. The Morgan fingerprint density at radius 3 is 2.33 bits per heavy atom. The maximum Gasteiger partial charge on any atom is 0.413 e. The molecule has 3 rings (SSSR count). The Bertz CT molecular complexity index is 1840. The minimum atomic E-state index is -4.27. The van der Waals surface area contributed by atoms with E-state index in [1.165, 1.54) is 30.2 Å². The number of anilines is 1. The molecule has 0 fully saturated rings. The van der Waals surface area contributed by atoms with Gasteiger partial charge in [0.2, 0.25) is 16.8 Å². The van der Waals surface area contributed by atoms with Crippen molar-refractivity contribution < 1.29 is 55.8 Å². The first kappa shape index (κ1) is 40.9. The van der Waals surface area contributed by atoms with Crippen molar-refractivity contribution >= 4 is 68.5 Å². The van der Waals surface area contributed by atoms with Gasteiger partial charge in [0, 0.05) is 22.5 Å². The number of ether oxygens (including phenoxy) is 4. The summed E-state index contributed by atoms with van der Waals surface area (Å²) in [5.41, 5.74) is -0.598. The molecule has 0 aliphatic rings. The molecule has 2 aromatic carbocycles. The summed E-state index contributed by atoms with van der Waals surface area (Å²) in [6.07, 6.45) is 0.583. The summed E-state index contributed by atoms with van der Waals surface area (Å²) < 4.78 is 49.4. The number of amides is 1. The monoisotopic (exact) mass is 769 g/mol. The Balaban J connectivity index is 1.44. The predicted molar refractivity (Wildman–Crippen MR) is 184 cm³/mol. The van der Waals surface area contributed by atoms with Crippen molar-refractivity contribution in [3.63, 3.8) is 0 Å². The first-order valence-electron chi connectivity index (χ1n) is 15.2. The fraction of sp³-hybridized carbons (Fsp3) is 0.364. The van der Waals surface area contributed by atoms with Crippen LogP contribution in [0.5, 0.6) is 0 Å². The zero-order valence-corrected chi connectivity index (χ0v) is 30.4. The smallest absolute Gasteiger partial charge is 0.413 e. The summed E-state index contributed by atoms with van der Waals surface area (Å²) >= 11 is 12.1. The molecular weight excluding hydrogens is 733 g/mol. The van der Waals surface area contributed by atoms with Crippen molar-refractivity contribution in [2.24, 2.45) is 5.14 Å². The third-order valence-electron chi connectivity index (χ3n) is 6.93. The molecule has 0 saturated carbocycles. The first-order chi connectivity index (χ1) is 23.9. The summed E-state index contributed by atoms with van der Waals surface area (Å²) in [4.78, 5) is 63.8. The Morgan fingerprint density at radius 1 is 0.980 bits per heavy atom. The minimum absolute atomic E-state index is 0.0885. The van der Waals surface area contributed by atoms with Crippen LogP contribution in [0.25, 0.3) is 0 Å². The lowest BCUT2D eigenvalue weighted by molar-refractivity contribution is -0.162. The van der Waals surface area contributed by atoms with E-state index in [2.05, 4.69) is 5.32 Å². The van der Waals surface area contributed by atoms with Crippen molar-refractivity contribution in [2.75, 3.05) is 31.9 Å². The highest BCUT2D eigenvalue weighted by Gasteiger charge is 2.36. The third kappa shape index (κ3) is 12.1. The molecule has 0 aliphatic heterocycles. The van der Waals surface area contributed by atoms with E-state index in [-0.39, 0.29) is 48.0 Å². The van der Waals surface area contributed by atoms with Crippen molar-refractivity contribution in [3.05, 3.63) is 81.7 Å². The number of sulfonamides is 1. The average molecular weight is 771 g/mol. The molecule has 0 bridgehead atoms. The number of esters is 2. The molecule has 3 N–H and O–H groups in total. The van der Waals surface area contributed by atoms with Crippen LogP contribution in [-0.2, 0) is 45.1 Å². The number of nitrogens with one attached hydrogen (secondary N) is 1. The Kier molecular flexibility index (Phi) is 14.6. The summed E-state index contributed by atoms with van der Waals surface area (Å²) in [6.45, 7) is 4.80. The quantitative estimate of drug-likeness (QED) is 0.0610. The number of nitrogens with two attached hydrogens (primary N) is 1. The van der Waals surface area contributed by atoms with E-state index < -0.39 is 69.5 Å². The van der Waals surface area contributed by atoms with Gasteiger partial charge in [0.1, 0.15) is 17.3 Å². The standard InChI is InChI=1S/C33H37Cl2N3O12S/c1-20(29(40)21-8-5-9-22(34)14-21)38(33(2,3)4)32(43)50-19-49-31(42)27(39)18-46-11-7-13-48-30(41)24-15-28(51(36,44)45)25(35)16-26(24)37-17-23-10-6-12-47-23/h5-6,8-10,12,14-16,20,37H,7,11,13,17-19H2,1-4H3,(H2,36,44,45). The van der Waals surface area contributed by atoms with Crippen molar-refractivity contribution in [3.8, 4) is 0 Å². The van der Waals surface area contributed by atoms with Gasteiger partial charge in [-0.05, 0) is 64.1 Å². The van der Waals surface area contributed by atoms with E-state index in [0.717, 1.165) is 6.07 Å². The molecule has 0 radical (unpaired) electrons. The SMILES string of the molecule is CC(C(=O)c1cccc(Cl)c1)N(C(=O)OCOC(=O)C(=O)COCCCOC(=O)c1cc(S(N)(=O)=O)c(Cl)cc1NCc1ccco1)C(C)(C)C. The lowest BCUT2D eigenvalue weighted by Gasteiger charge is -2.38. The number of primary sulfonamides is 1. The molecule has 51 heavy (non-hydrogen) atoms. The van der Waals surface area contributed by atoms with Gasteiger partial charge in [-0.15, -0.1) is 0 Å². The molecule has 276 valence electrons. The van der Waals surface area contributed by atoms with Crippen LogP contribution in [-0.4, -0.2) is 81.1 Å². The average Bonchev–Trinajstić information content (AvgIpc) is 3.57. The van der Waals surface area contributed by atoms with Crippen molar-refractivity contribution in [1.82, 2.24) is 4.90 Å². The van der Waals surface area contributed by atoms with Crippen LogP contribution in [0.15, 0.2) is 64.1 Å². The van der Waals surface area contributed by atoms with E-state index in [4.69, 9.17) is 51.7 Å². The number of furan rings is 1. The van der Waals surface area contributed by atoms with Gasteiger partial charge in [-0.1, -0.05) is 35.3 Å². The fourth-order valence-electron chi connectivity index (χ4n) is 4.61. The second-order valence-electron chi connectivity index (χ2n) is 11.8. The van der Waals surface area contributed by atoms with E-state index in [0.29, 0.717) is 10.8 Å². The van der Waals surface area contributed by atoms with Crippen LogP contribution in [0.4, 0.5) is 10.5 Å². The van der Waals surface area contributed by atoms with Crippen molar-refractivity contribution in [1.29, 1.82) is 0 Å².